The number of carbonyl (C=O) groups is 1. The number of halogens is 3. The minimum Gasteiger partial charge on any atom is -0.478 e. The first-order valence-corrected chi connectivity index (χ1v) is 4.36. The molecule has 0 aromatic heterocycles. The highest BCUT2D eigenvalue weighted by molar-refractivity contribution is 14.1. The van der Waals surface area contributed by atoms with Gasteiger partial charge in [-0.25, -0.2) is 9.18 Å². The Morgan fingerprint density at radius 1 is 1.58 bits per heavy atom. The molecular formula is C7H3ClFIO2. The number of hydrogen-bond acceptors (Lipinski definition) is 1. The summed E-state index contributed by atoms with van der Waals surface area (Å²) in [4.78, 5) is 10.4. The zero-order chi connectivity index (χ0) is 9.30. The lowest BCUT2D eigenvalue weighted by Gasteiger charge is -1.99. The van der Waals surface area contributed by atoms with Gasteiger partial charge in [-0.1, -0.05) is 11.6 Å². The average Bonchev–Trinajstić information content (AvgIpc) is 1.96. The number of rotatable bonds is 1. The van der Waals surface area contributed by atoms with Crippen molar-refractivity contribution in [3.05, 3.63) is 32.1 Å². The molecule has 5 heteroatoms. The number of carboxylic acid groups (broad SMARTS) is 1. The van der Waals surface area contributed by atoms with Crippen molar-refractivity contribution in [2.75, 3.05) is 0 Å². The van der Waals surface area contributed by atoms with Gasteiger partial charge in [0.2, 0.25) is 0 Å². The van der Waals surface area contributed by atoms with E-state index in [4.69, 9.17) is 16.7 Å². The lowest BCUT2D eigenvalue weighted by molar-refractivity contribution is 0.0696. The molecular weight excluding hydrogens is 297 g/mol. The van der Waals surface area contributed by atoms with Crippen LogP contribution < -0.4 is 0 Å². The minimum absolute atomic E-state index is 0.0494. The summed E-state index contributed by atoms with van der Waals surface area (Å²) in [6.45, 7) is 0. The Kier molecular flexibility index (Phi) is 2.89. The van der Waals surface area contributed by atoms with Crippen molar-refractivity contribution in [1.29, 1.82) is 0 Å². The monoisotopic (exact) mass is 300 g/mol. The molecule has 0 bridgehead atoms. The third kappa shape index (κ3) is 1.87. The SMILES string of the molecule is O=C(O)c1cc(F)c(I)cc1Cl. The first kappa shape index (κ1) is 9.73. The molecule has 1 N–H and O–H groups in total. The van der Waals surface area contributed by atoms with Gasteiger partial charge >= 0.3 is 5.97 Å². The average molecular weight is 300 g/mol. The van der Waals surface area contributed by atoms with E-state index in [-0.39, 0.29) is 10.6 Å². The summed E-state index contributed by atoms with van der Waals surface area (Å²) in [5, 5.41) is 8.58. The predicted octanol–water partition coefficient (Wildman–Crippen LogP) is 2.78. The van der Waals surface area contributed by atoms with Gasteiger partial charge in [-0.05, 0) is 34.7 Å². The van der Waals surface area contributed by atoms with Crippen LogP contribution in [0.5, 0.6) is 0 Å². The van der Waals surface area contributed by atoms with E-state index < -0.39 is 11.8 Å². The van der Waals surface area contributed by atoms with Crippen molar-refractivity contribution in [3.63, 3.8) is 0 Å². The molecule has 1 aromatic carbocycles. The van der Waals surface area contributed by atoms with Crippen molar-refractivity contribution in [3.8, 4) is 0 Å². The highest BCUT2D eigenvalue weighted by atomic mass is 127. The Morgan fingerprint density at radius 3 is 2.67 bits per heavy atom. The predicted molar refractivity (Wildman–Crippen MR) is 51.1 cm³/mol. The lowest BCUT2D eigenvalue weighted by Crippen LogP contribution is -1.99. The fourth-order valence-corrected chi connectivity index (χ4v) is 1.58. The van der Waals surface area contributed by atoms with Gasteiger partial charge in [-0.2, -0.15) is 0 Å². The van der Waals surface area contributed by atoms with Crippen LogP contribution in [0.2, 0.25) is 5.02 Å². The summed E-state index contributed by atoms with van der Waals surface area (Å²) in [6.07, 6.45) is 0. The van der Waals surface area contributed by atoms with Crippen molar-refractivity contribution in [2.45, 2.75) is 0 Å². The van der Waals surface area contributed by atoms with Gasteiger partial charge in [-0.3, -0.25) is 0 Å². The van der Waals surface area contributed by atoms with Crippen molar-refractivity contribution < 1.29 is 14.3 Å². The molecule has 0 atom stereocenters. The molecule has 0 radical (unpaired) electrons. The third-order valence-electron chi connectivity index (χ3n) is 1.24. The van der Waals surface area contributed by atoms with Gasteiger partial charge in [0.1, 0.15) is 5.82 Å². The van der Waals surface area contributed by atoms with E-state index >= 15 is 0 Å². The molecule has 1 rings (SSSR count). The van der Waals surface area contributed by atoms with E-state index in [9.17, 15) is 9.18 Å². The summed E-state index contributed by atoms with van der Waals surface area (Å²) in [5.74, 6) is -1.80. The van der Waals surface area contributed by atoms with Crippen molar-refractivity contribution >= 4 is 40.2 Å². The van der Waals surface area contributed by atoms with Crippen LogP contribution in [0, 0.1) is 9.39 Å². The Hall–Kier alpha value is -0.360. The third-order valence-corrected chi connectivity index (χ3v) is 2.38. The number of aromatic carboxylic acids is 1. The van der Waals surface area contributed by atoms with Crippen LogP contribution in [0.4, 0.5) is 4.39 Å². The molecule has 0 unspecified atom stereocenters. The Bertz CT molecular complexity index is 340. The lowest BCUT2D eigenvalue weighted by atomic mass is 10.2. The largest absolute Gasteiger partial charge is 0.478 e. The number of benzene rings is 1. The quantitative estimate of drug-likeness (QED) is 0.639. The first-order valence-electron chi connectivity index (χ1n) is 2.90. The van der Waals surface area contributed by atoms with Gasteiger partial charge in [0.15, 0.2) is 0 Å². The summed E-state index contributed by atoms with van der Waals surface area (Å²) in [7, 11) is 0. The molecule has 0 aliphatic rings. The van der Waals surface area contributed by atoms with Gasteiger partial charge < -0.3 is 5.11 Å². The van der Waals surface area contributed by atoms with Gasteiger partial charge in [0, 0.05) is 0 Å². The number of hydrogen-bond donors (Lipinski definition) is 1. The smallest absolute Gasteiger partial charge is 0.337 e. The molecule has 64 valence electrons. The molecule has 0 spiro atoms. The van der Waals surface area contributed by atoms with E-state index in [0.717, 1.165) is 6.07 Å². The normalized spacial score (nSPS) is 9.92. The highest BCUT2D eigenvalue weighted by Crippen LogP contribution is 2.21. The van der Waals surface area contributed by atoms with Crippen molar-refractivity contribution in [1.82, 2.24) is 0 Å². The Labute approximate surface area is 86.5 Å². The maximum atomic E-state index is 12.8. The molecule has 0 heterocycles. The summed E-state index contributed by atoms with van der Waals surface area (Å²) in [5.41, 5.74) is -0.213. The van der Waals surface area contributed by atoms with E-state index in [1.165, 1.54) is 6.07 Å². The molecule has 0 saturated carbocycles. The highest BCUT2D eigenvalue weighted by Gasteiger charge is 2.11. The Balaban J connectivity index is 3.33. The topological polar surface area (TPSA) is 37.3 Å². The number of carboxylic acids is 1. The van der Waals surface area contributed by atoms with Crippen LogP contribution >= 0.6 is 34.2 Å². The molecule has 2 nitrogen and oxygen atoms in total. The molecule has 0 amide bonds. The summed E-state index contributed by atoms with van der Waals surface area (Å²) < 4.78 is 13.1. The standard InChI is InChI=1S/C7H3ClFIO2/c8-4-2-6(10)5(9)1-3(4)7(11)12/h1-2H,(H,11,12). The Morgan fingerprint density at radius 2 is 2.17 bits per heavy atom. The summed E-state index contributed by atoms with van der Waals surface area (Å²) in [6, 6.07) is 2.19. The maximum absolute atomic E-state index is 12.8. The van der Waals surface area contributed by atoms with E-state index in [2.05, 4.69) is 0 Å². The van der Waals surface area contributed by atoms with Gasteiger partial charge in [0.05, 0.1) is 14.2 Å². The second kappa shape index (κ2) is 3.57. The zero-order valence-electron chi connectivity index (χ0n) is 5.64. The van der Waals surface area contributed by atoms with Crippen LogP contribution in [-0.4, -0.2) is 11.1 Å². The maximum Gasteiger partial charge on any atom is 0.337 e. The zero-order valence-corrected chi connectivity index (χ0v) is 8.56. The fraction of sp³-hybridized carbons (Fsp3) is 0. The molecule has 1 aromatic rings. The van der Waals surface area contributed by atoms with Gasteiger partial charge in [0.25, 0.3) is 0 Å². The van der Waals surface area contributed by atoms with E-state index in [1.807, 2.05) is 0 Å². The van der Waals surface area contributed by atoms with Crippen LogP contribution in [0.25, 0.3) is 0 Å². The van der Waals surface area contributed by atoms with Crippen molar-refractivity contribution in [2.24, 2.45) is 0 Å². The second-order valence-corrected chi connectivity index (χ2v) is 3.62. The first-order chi connectivity index (χ1) is 5.52. The molecule has 0 aliphatic carbocycles. The van der Waals surface area contributed by atoms with E-state index in [0.29, 0.717) is 3.57 Å². The molecule has 0 saturated heterocycles. The molecule has 0 fully saturated rings. The minimum atomic E-state index is -1.23. The van der Waals surface area contributed by atoms with Crippen LogP contribution in [0.1, 0.15) is 10.4 Å². The summed E-state index contributed by atoms with van der Waals surface area (Å²) >= 11 is 7.28. The van der Waals surface area contributed by atoms with E-state index in [1.54, 1.807) is 22.6 Å². The van der Waals surface area contributed by atoms with Gasteiger partial charge in [-0.15, -0.1) is 0 Å². The molecule has 0 aliphatic heterocycles. The van der Waals surface area contributed by atoms with Crippen LogP contribution in [-0.2, 0) is 0 Å². The molecule has 12 heavy (non-hydrogen) atoms. The second-order valence-electron chi connectivity index (χ2n) is 2.05. The van der Waals surface area contributed by atoms with Crippen LogP contribution in [0.15, 0.2) is 12.1 Å². The van der Waals surface area contributed by atoms with Crippen LogP contribution in [0.3, 0.4) is 0 Å². The fourth-order valence-electron chi connectivity index (χ4n) is 0.686.